The molecular formula is C23H20ClNO3S. The second-order valence-corrected chi connectivity index (χ2v) is 8.41. The number of thioether (sulfide) groups is 1. The molecule has 1 aliphatic heterocycles. The van der Waals surface area contributed by atoms with Crippen LogP contribution in [-0.2, 0) is 6.61 Å². The predicted octanol–water partition coefficient (Wildman–Crippen LogP) is 5.90. The van der Waals surface area contributed by atoms with Crippen molar-refractivity contribution in [1.29, 1.82) is 0 Å². The van der Waals surface area contributed by atoms with Crippen LogP contribution in [0.2, 0.25) is 5.02 Å². The van der Waals surface area contributed by atoms with E-state index < -0.39 is 0 Å². The molecule has 29 heavy (non-hydrogen) atoms. The molecule has 1 heterocycles. The number of benzene rings is 3. The number of hydrogen-bond donors (Lipinski definition) is 2. The maximum Gasteiger partial charge on any atom is 0.130 e. The zero-order chi connectivity index (χ0) is 20.4. The molecule has 0 spiro atoms. The highest BCUT2D eigenvalue weighted by Gasteiger charge is 2.25. The third-order valence-electron chi connectivity index (χ3n) is 4.89. The Bertz CT molecular complexity index is 1070. The number of aliphatic hydroxyl groups excluding tert-OH is 1. The Morgan fingerprint density at radius 1 is 1.14 bits per heavy atom. The van der Waals surface area contributed by atoms with Gasteiger partial charge in [0.1, 0.15) is 11.5 Å². The monoisotopic (exact) mass is 425 g/mol. The van der Waals surface area contributed by atoms with Gasteiger partial charge in [0.25, 0.3) is 0 Å². The number of aromatic hydroxyl groups is 1. The molecule has 4 nitrogen and oxygen atoms in total. The van der Waals surface area contributed by atoms with Gasteiger partial charge in [-0.2, -0.15) is 0 Å². The molecule has 4 rings (SSSR count). The smallest absolute Gasteiger partial charge is 0.130 e. The maximum atomic E-state index is 10.7. The summed E-state index contributed by atoms with van der Waals surface area (Å²) in [5.41, 5.74) is 3.68. The largest absolute Gasteiger partial charge is 0.507 e. The molecule has 3 aromatic carbocycles. The first kappa shape index (κ1) is 19.8. The molecule has 0 aromatic heterocycles. The van der Waals surface area contributed by atoms with E-state index in [9.17, 15) is 10.2 Å². The van der Waals surface area contributed by atoms with E-state index in [1.807, 2.05) is 30.3 Å². The van der Waals surface area contributed by atoms with Crippen LogP contribution < -0.4 is 4.74 Å². The molecule has 0 radical (unpaired) electrons. The summed E-state index contributed by atoms with van der Waals surface area (Å²) in [7, 11) is 1.65. The van der Waals surface area contributed by atoms with Gasteiger partial charge in [0.15, 0.2) is 0 Å². The van der Waals surface area contributed by atoms with Gasteiger partial charge in [-0.25, -0.2) is 0 Å². The average Bonchev–Trinajstić information content (AvgIpc) is 2.94. The molecule has 6 heteroatoms. The molecule has 0 saturated carbocycles. The summed E-state index contributed by atoms with van der Waals surface area (Å²) in [6.07, 6.45) is 0.602. The molecule has 0 fully saturated rings. The minimum Gasteiger partial charge on any atom is -0.507 e. The number of fused-ring (bicyclic) bond motifs is 1. The standard InChI is InChI=1S/C23H20ClNO3S/c1-28-17-8-6-14(7-9-17)22-12-20(25-19-4-2-3-5-21(19)29-22)18-11-16(24)10-15(13-26)23(18)27/h2-11,22,26-27H,12-13H2,1H3. The zero-order valence-corrected chi connectivity index (χ0v) is 17.4. The molecule has 0 bridgehead atoms. The molecule has 0 amide bonds. The van der Waals surface area contributed by atoms with E-state index in [0.717, 1.165) is 27.6 Å². The third kappa shape index (κ3) is 4.13. The molecular weight excluding hydrogens is 406 g/mol. The number of halogens is 1. The lowest BCUT2D eigenvalue weighted by Gasteiger charge is -2.17. The van der Waals surface area contributed by atoms with Crippen LogP contribution in [0.3, 0.4) is 0 Å². The first-order valence-corrected chi connectivity index (χ1v) is 10.4. The molecule has 3 aromatic rings. The number of rotatable bonds is 4. The Labute approximate surface area is 178 Å². The first-order valence-electron chi connectivity index (χ1n) is 9.19. The second kappa shape index (κ2) is 8.49. The number of para-hydroxylation sites is 1. The van der Waals surface area contributed by atoms with Gasteiger partial charge in [0.05, 0.1) is 25.1 Å². The van der Waals surface area contributed by atoms with E-state index in [0.29, 0.717) is 22.6 Å². The Morgan fingerprint density at radius 2 is 1.90 bits per heavy atom. The predicted molar refractivity (Wildman–Crippen MR) is 118 cm³/mol. The van der Waals surface area contributed by atoms with Crippen LogP contribution in [0.25, 0.3) is 0 Å². The van der Waals surface area contributed by atoms with Crippen molar-refractivity contribution in [3.8, 4) is 11.5 Å². The van der Waals surface area contributed by atoms with Gasteiger partial charge in [-0.15, -0.1) is 11.8 Å². The molecule has 1 aliphatic rings. The Balaban J connectivity index is 1.82. The lowest BCUT2D eigenvalue weighted by Crippen LogP contribution is -2.07. The lowest BCUT2D eigenvalue weighted by atomic mass is 9.98. The minimum atomic E-state index is -0.292. The van der Waals surface area contributed by atoms with Crippen molar-refractivity contribution in [2.75, 3.05) is 7.11 Å². The van der Waals surface area contributed by atoms with E-state index in [4.69, 9.17) is 21.3 Å². The Kier molecular flexibility index (Phi) is 5.81. The fraction of sp³-hybridized carbons (Fsp3) is 0.174. The van der Waals surface area contributed by atoms with Gasteiger partial charge >= 0.3 is 0 Å². The van der Waals surface area contributed by atoms with E-state index in [1.165, 1.54) is 0 Å². The highest BCUT2D eigenvalue weighted by atomic mass is 35.5. The number of phenols is 1. The van der Waals surface area contributed by atoms with Crippen LogP contribution in [0.1, 0.15) is 28.4 Å². The van der Waals surface area contributed by atoms with Gasteiger partial charge in [-0.1, -0.05) is 35.9 Å². The highest BCUT2D eigenvalue weighted by Crippen LogP contribution is 2.46. The van der Waals surface area contributed by atoms with E-state index in [2.05, 4.69) is 18.2 Å². The van der Waals surface area contributed by atoms with Crippen molar-refractivity contribution in [2.45, 2.75) is 23.2 Å². The summed E-state index contributed by atoms with van der Waals surface area (Å²) < 4.78 is 5.28. The van der Waals surface area contributed by atoms with Crippen molar-refractivity contribution in [1.82, 2.24) is 0 Å². The second-order valence-electron chi connectivity index (χ2n) is 6.73. The van der Waals surface area contributed by atoms with Gasteiger partial charge in [-0.05, 0) is 42.0 Å². The molecule has 148 valence electrons. The summed E-state index contributed by atoms with van der Waals surface area (Å²) >= 11 is 7.99. The number of methoxy groups -OCH3 is 1. The summed E-state index contributed by atoms with van der Waals surface area (Å²) in [5, 5.41) is 20.8. The number of aliphatic imine (C=N–C) groups is 1. The van der Waals surface area contributed by atoms with Crippen LogP contribution in [0.5, 0.6) is 11.5 Å². The van der Waals surface area contributed by atoms with Gasteiger partial charge in [0, 0.05) is 32.7 Å². The van der Waals surface area contributed by atoms with Crippen LogP contribution in [0, 0.1) is 0 Å². The van der Waals surface area contributed by atoms with Crippen molar-refractivity contribution in [3.63, 3.8) is 0 Å². The summed E-state index contributed by atoms with van der Waals surface area (Å²) in [5.74, 6) is 0.829. The fourth-order valence-electron chi connectivity index (χ4n) is 3.38. The van der Waals surface area contributed by atoms with Gasteiger partial charge in [0.2, 0.25) is 0 Å². The zero-order valence-electron chi connectivity index (χ0n) is 15.8. The van der Waals surface area contributed by atoms with Crippen molar-refractivity contribution in [2.24, 2.45) is 4.99 Å². The number of ether oxygens (including phenoxy) is 1. The summed E-state index contributed by atoms with van der Waals surface area (Å²) in [6, 6.07) is 19.3. The Hall–Kier alpha value is -2.47. The van der Waals surface area contributed by atoms with Crippen molar-refractivity contribution >= 4 is 34.8 Å². The molecule has 2 N–H and O–H groups in total. The third-order valence-corrected chi connectivity index (χ3v) is 6.43. The lowest BCUT2D eigenvalue weighted by molar-refractivity contribution is 0.275. The van der Waals surface area contributed by atoms with E-state index in [1.54, 1.807) is 31.0 Å². The number of hydrogen-bond acceptors (Lipinski definition) is 5. The highest BCUT2D eigenvalue weighted by molar-refractivity contribution is 7.99. The van der Waals surface area contributed by atoms with Crippen molar-refractivity contribution < 1.29 is 14.9 Å². The first-order chi connectivity index (χ1) is 14.1. The van der Waals surface area contributed by atoms with Crippen LogP contribution in [0.15, 0.2) is 70.6 Å². The molecule has 1 atom stereocenters. The normalized spacial score (nSPS) is 16.0. The average molecular weight is 426 g/mol. The SMILES string of the molecule is COc1ccc(C2CC(c3cc(Cl)cc(CO)c3O)=Nc3ccccc3S2)cc1. The minimum absolute atomic E-state index is 0.0218. The summed E-state index contributed by atoms with van der Waals surface area (Å²) in [4.78, 5) is 5.94. The summed E-state index contributed by atoms with van der Waals surface area (Å²) in [6.45, 7) is -0.292. The van der Waals surface area contributed by atoms with Gasteiger partial charge in [-0.3, -0.25) is 4.99 Å². The van der Waals surface area contributed by atoms with Crippen LogP contribution in [-0.4, -0.2) is 23.0 Å². The molecule has 1 unspecified atom stereocenters. The van der Waals surface area contributed by atoms with Gasteiger partial charge < -0.3 is 14.9 Å². The quantitative estimate of drug-likeness (QED) is 0.545. The van der Waals surface area contributed by atoms with Crippen molar-refractivity contribution in [3.05, 3.63) is 82.4 Å². The van der Waals surface area contributed by atoms with Crippen LogP contribution >= 0.6 is 23.4 Å². The molecule has 0 saturated heterocycles. The topological polar surface area (TPSA) is 62.0 Å². The maximum absolute atomic E-state index is 10.7. The fourth-order valence-corrected chi connectivity index (χ4v) is 4.85. The number of aliphatic hydroxyl groups is 1. The Morgan fingerprint density at radius 3 is 2.62 bits per heavy atom. The number of nitrogens with zero attached hydrogens (tertiary/aromatic N) is 1. The van der Waals surface area contributed by atoms with E-state index >= 15 is 0 Å². The van der Waals surface area contributed by atoms with E-state index in [-0.39, 0.29) is 17.6 Å². The van der Waals surface area contributed by atoms with Crippen LogP contribution in [0.4, 0.5) is 5.69 Å². The molecule has 0 aliphatic carbocycles.